The Labute approximate surface area is 172 Å². The summed E-state index contributed by atoms with van der Waals surface area (Å²) in [6.45, 7) is 13.4. The zero-order valence-electron chi connectivity index (χ0n) is 17.9. The fourth-order valence-corrected chi connectivity index (χ4v) is 3.51. The van der Waals surface area contributed by atoms with Crippen molar-refractivity contribution in [3.05, 3.63) is 65.6 Å². The molecule has 0 N–H and O–H groups in total. The van der Waals surface area contributed by atoms with Crippen molar-refractivity contribution >= 4 is 29.1 Å². The number of anilines is 2. The van der Waals surface area contributed by atoms with Crippen LogP contribution in [0.2, 0.25) is 0 Å². The predicted molar refractivity (Wildman–Crippen MR) is 119 cm³/mol. The quantitative estimate of drug-likeness (QED) is 0.647. The summed E-state index contributed by atoms with van der Waals surface area (Å²) in [4.78, 5) is 23.8. The number of amides is 1. The van der Waals surface area contributed by atoms with Crippen LogP contribution in [0.3, 0.4) is 0 Å². The van der Waals surface area contributed by atoms with Crippen LogP contribution < -0.4 is 9.64 Å². The Bertz CT molecular complexity index is 1050. The Morgan fingerprint density at radius 2 is 2.03 bits per heavy atom. The summed E-state index contributed by atoms with van der Waals surface area (Å²) >= 11 is 0. The lowest BCUT2D eigenvalue weighted by Crippen LogP contribution is -2.33. The first kappa shape index (κ1) is 20.5. The molecule has 2 aromatic rings. The van der Waals surface area contributed by atoms with Gasteiger partial charge in [-0.1, -0.05) is 24.8 Å². The van der Waals surface area contributed by atoms with E-state index in [2.05, 4.69) is 16.6 Å². The number of ether oxygens (including phenoxy) is 1. The monoisotopic (exact) mass is 389 g/mol. The van der Waals surface area contributed by atoms with Gasteiger partial charge in [-0.05, 0) is 57.4 Å². The number of carbonyl (C=O) groups is 1. The van der Waals surface area contributed by atoms with Gasteiger partial charge in [-0.2, -0.15) is 0 Å². The Balaban J connectivity index is 2.16. The molecule has 0 saturated heterocycles. The van der Waals surface area contributed by atoms with Crippen LogP contribution in [0.5, 0.6) is 5.75 Å². The third kappa shape index (κ3) is 3.60. The van der Waals surface area contributed by atoms with Gasteiger partial charge in [-0.15, -0.1) is 0 Å². The molecule has 1 aromatic heterocycles. The summed E-state index contributed by atoms with van der Waals surface area (Å²) < 4.78 is 5.42. The zero-order chi connectivity index (χ0) is 21.3. The molecular weight excluding hydrogens is 362 g/mol. The first-order valence-electron chi connectivity index (χ1n) is 9.56. The fourth-order valence-electron chi connectivity index (χ4n) is 3.51. The molecule has 0 saturated carbocycles. The average molecular weight is 389 g/mol. The molecular formula is C24H27N3O2. The minimum atomic E-state index is -0.631. The summed E-state index contributed by atoms with van der Waals surface area (Å²) in [5.41, 5.74) is 5.37. The number of pyridine rings is 1. The highest BCUT2D eigenvalue weighted by Gasteiger charge is 2.44. The Morgan fingerprint density at radius 1 is 1.31 bits per heavy atom. The van der Waals surface area contributed by atoms with Gasteiger partial charge in [-0.3, -0.25) is 19.7 Å². The van der Waals surface area contributed by atoms with E-state index in [1.54, 1.807) is 24.4 Å². The predicted octanol–water partition coefficient (Wildman–Crippen LogP) is 5.36. The molecule has 2 heterocycles. The third-order valence-corrected chi connectivity index (χ3v) is 5.22. The van der Waals surface area contributed by atoms with Crippen molar-refractivity contribution in [3.8, 4) is 5.75 Å². The Morgan fingerprint density at radius 3 is 2.66 bits per heavy atom. The summed E-state index contributed by atoms with van der Waals surface area (Å²) in [6, 6.07) is 7.95. The maximum absolute atomic E-state index is 13.3. The van der Waals surface area contributed by atoms with Crippen molar-refractivity contribution < 1.29 is 9.53 Å². The molecule has 5 nitrogen and oxygen atoms in total. The maximum atomic E-state index is 13.3. The van der Waals surface area contributed by atoms with E-state index in [1.807, 2.05) is 65.0 Å². The second-order valence-electron chi connectivity index (χ2n) is 7.72. The SMILES string of the molecule is C=C(C)/N=C\C(=C/C)c1ccc2c(c1)N(c1cnc(C)c(OC)c1)C(=O)C2(C)C. The molecule has 1 aliphatic rings. The van der Waals surface area contributed by atoms with Crippen LogP contribution in [0.25, 0.3) is 5.57 Å². The number of rotatable bonds is 5. The Kier molecular flexibility index (Phi) is 5.42. The second kappa shape index (κ2) is 7.66. The molecule has 0 aliphatic carbocycles. The maximum Gasteiger partial charge on any atom is 0.241 e. The molecule has 150 valence electrons. The van der Waals surface area contributed by atoms with E-state index in [1.165, 1.54) is 0 Å². The number of benzene rings is 1. The summed E-state index contributed by atoms with van der Waals surface area (Å²) in [5.74, 6) is 0.662. The molecule has 0 fully saturated rings. The molecule has 0 spiro atoms. The van der Waals surface area contributed by atoms with Gasteiger partial charge in [0.05, 0.1) is 35.8 Å². The zero-order valence-corrected chi connectivity index (χ0v) is 17.9. The lowest BCUT2D eigenvalue weighted by atomic mass is 9.85. The molecule has 1 aromatic carbocycles. The number of methoxy groups -OCH3 is 1. The fraction of sp³-hybridized carbons (Fsp3) is 0.292. The van der Waals surface area contributed by atoms with Crippen molar-refractivity contribution in [1.82, 2.24) is 4.98 Å². The van der Waals surface area contributed by atoms with E-state index < -0.39 is 5.41 Å². The van der Waals surface area contributed by atoms with Gasteiger partial charge < -0.3 is 4.74 Å². The topological polar surface area (TPSA) is 54.8 Å². The lowest BCUT2D eigenvalue weighted by molar-refractivity contribution is -0.121. The van der Waals surface area contributed by atoms with Crippen LogP contribution in [0.4, 0.5) is 11.4 Å². The molecule has 5 heteroatoms. The Hall–Kier alpha value is -3.21. The van der Waals surface area contributed by atoms with Gasteiger partial charge in [-0.25, -0.2) is 0 Å². The van der Waals surface area contributed by atoms with Crippen molar-refractivity contribution in [3.63, 3.8) is 0 Å². The normalized spacial score (nSPS) is 15.7. The molecule has 0 radical (unpaired) electrons. The highest BCUT2D eigenvalue weighted by molar-refractivity contribution is 6.15. The molecule has 1 amide bonds. The van der Waals surface area contributed by atoms with Crippen molar-refractivity contribution in [2.24, 2.45) is 4.99 Å². The summed E-state index contributed by atoms with van der Waals surface area (Å²) in [5, 5.41) is 0. The number of aliphatic imine (C=N–C) groups is 1. The van der Waals surface area contributed by atoms with E-state index in [4.69, 9.17) is 4.74 Å². The summed E-state index contributed by atoms with van der Waals surface area (Å²) in [7, 11) is 1.61. The van der Waals surface area contributed by atoms with Crippen LogP contribution in [0.15, 0.2) is 53.8 Å². The largest absolute Gasteiger partial charge is 0.495 e. The van der Waals surface area contributed by atoms with E-state index in [0.29, 0.717) is 11.4 Å². The van der Waals surface area contributed by atoms with Crippen LogP contribution in [0.1, 0.15) is 44.5 Å². The van der Waals surface area contributed by atoms with Crippen LogP contribution in [0, 0.1) is 6.92 Å². The minimum absolute atomic E-state index is 0.00925. The molecule has 29 heavy (non-hydrogen) atoms. The number of aromatic nitrogens is 1. The number of nitrogens with zero attached hydrogens (tertiary/aromatic N) is 3. The number of hydrogen-bond donors (Lipinski definition) is 0. The highest BCUT2D eigenvalue weighted by atomic mass is 16.5. The second-order valence-corrected chi connectivity index (χ2v) is 7.72. The minimum Gasteiger partial charge on any atom is -0.495 e. The highest BCUT2D eigenvalue weighted by Crippen LogP contribution is 2.46. The molecule has 0 unspecified atom stereocenters. The molecule has 3 rings (SSSR count). The first-order chi connectivity index (χ1) is 13.7. The van der Waals surface area contributed by atoms with Gasteiger partial charge in [0.1, 0.15) is 5.75 Å². The van der Waals surface area contributed by atoms with Crippen LogP contribution in [-0.2, 0) is 10.2 Å². The van der Waals surface area contributed by atoms with Gasteiger partial charge in [0.25, 0.3) is 0 Å². The standard InChI is InChI=1S/C24H27N3O2/c1-8-17(13-25-15(2)3)18-9-10-20-21(11-18)27(23(28)24(20,5)6)19-12-22(29-7)16(4)26-14-19/h8-14H,2H2,1,3-7H3/b17-8+,25-13-. The van der Waals surface area contributed by atoms with Crippen molar-refractivity contribution in [1.29, 1.82) is 0 Å². The van der Waals surface area contributed by atoms with Crippen LogP contribution in [-0.4, -0.2) is 24.2 Å². The van der Waals surface area contributed by atoms with E-state index in [-0.39, 0.29) is 5.91 Å². The molecule has 0 bridgehead atoms. The van der Waals surface area contributed by atoms with Gasteiger partial charge in [0.15, 0.2) is 0 Å². The van der Waals surface area contributed by atoms with Crippen molar-refractivity contribution in [2.45, 2.75) is 40.0 Å². The van der Waals surface area contributed by atoms with Gasteiger partial charge >= 0.3 is 0 Å². The summed E-state index contributed by atoms with van der Waals surface area (Å²) in [6.07, 6.45) is 5.51. The lowest BCUT2D eigenvalue weighted by Gasteiger charge is -2.21. The van der Waals surface area contributed by atoms with E-state index in [0.717, 1.165) is 33.8 Å². The van der Waals surface area contributed by atoms with Gasteiger partial charge in [0, 0.05) is 18.0 Å². The van der Waals surface area contributed by atoms with E-state index >= 15 is 0 Å². The van der Waals surface area contributed by atoms with E-state index in [9.17, 15) is 4.79 Å². The number of aryl methyl sites for hydroxylation is 1. The number of carbonyl (C=O) groups excluding carboxylic acids is 1. The number of allylic oxidation sites excluding steroid dienone is 3. The van der Waals surface area contributed by atoms with Crippen molar-refractivity contribution in [2.75, 3.05) is 12.0 Å². The average Bonchev–Trinajstić information content (AvgIpc) is 2.88. The number of fused-ring (bicyclic) bond motifs is 1. The molecule has 0 atom stereocenters. The smallest absolute Gasteiger partial charge is 0.241 e. The number of hydrogen-bond acceptors (Lipinski definition) is 4. The first-order valence-corrected chi connectivity index (χ1v) is 9.56. The van der Waals surface area contributed by atoms with Crippen LogP contribution >= 0.6 is 0 Å². The van der Waals surface area contributed by atoms with Gasteiger partial charge in [0.2, 0.25) is 5.91 Å². The molecule has 1 aliphatic heterocycles. The third-order valence-electron chi connectivity index (χ3n) is 5.22.